The monoisotopic (exact) mass is 183 g/mol. The van der Waals surface area contributed by atoms with Crippen LogP contribution in [-0.2, 0) is 0 Å². The molecule has 0 saturated carbocycles. The van der Waals surface area contributed by atoms with Gasteiger partial charge in [0.1, 0.15) is 6.17 Å². The summed E-state index contributed by atoms with van der Waals surface area (Å²) in [5.74, 6) is 0. The quantitative estimate of drug-likeness (QED) is 0.749. The highest BCUT2D eigenvalue weighted by molar-refractivity contribution is 5.27. The second kappa shape index (κ2) is 4.35. The van der Waals surface area contributed by atoms with Crippen molar-refractivity contribution in [1.29, 1.82) is 0 Å². The van der Waals surface area contributed by atoms with Crippen molar-refractivity contribution in [3.05, 3.63) is 35.4 Å². The Morgan fingerprint density at radius 2 is 2.08 bits per heavy atom. The summed E-state index contributed by atoms with van der Waals surface area (Å²) >= 11 is 0. The minimum absolute atomic E-state index is 0.106. The van der Waals surface area contributed by atoms with Crippen molar-refractivity contribution in [2.45, 2.75) is 19.1 Å². The Morgan fingerprint density at radius 1 is 1.46 bits per heavy atom. The van der Waals surface area contributed by atoms with Crippen molar-refractivity contribution in [2.24, 2.45) is 5.73 Å². The summed E-state index contributed by atoms with van der Waals surface area (Å²) in [5, 5.41) is 8.61. The maximum Gasteiger partial charge on any atom is 0.148 e. The molecule has 13 heavy (non-hydrogen) atoms. The summed E-state index contributed by atoms with van der Waals surface area (Å²) in [6.45, 7) is 1.35. The average molecular weight is 183 g/mol. The zero-order valence-corrected chi connectivity index (χ0v) is 7.57. The summed E-state index contributed by atoms with van der Waals surface area (Å²) < 4.78 is 13.0. The fraction of sp³-hybridized carbons (Fsp3) is 0.400. The Balaban J connectivity index is 2.91. The van der Waals surface area contributed by atoms with E-state index in [-0.39, 0.29) is 6.04 Å². The number of alkyl halides is 1. The molecule has 0 aliphatic carbocycles. The highest BCUT2D eigenvalue weighted by Gasteiger charge is 2.09. The fourth-order valence-corrected chi connectivity index (χ4v) is 1.14. The van der Waals surface area contributed by atoms with Crippen molar-refractivity contribution in [3.63, 3.8) is 0 Å². The molecular weight excluding hydrogens is 169 g/mol. The minimum atomic E-state index is -1.31. The van der Waals surface area contributed by atoms with Gasteiger partial charge in [-0.15, -0.1) is 0 Å². The van der Waals surface area contributed by atoms with E-state index in [1.54, 1.807) is 18.2 Å². The second-order valence-electron chi connectivity index (χ2n) is 3.11. The van der Waals surface area contributed by atoms with Crippen LogP contribution in [0.5, 0.6) is 0 Å². The first-order chi connectivity index (χ1) is 6.15. The van der Waals surface area contributed by atoms with E-state index in [1.165, 1.54) is 0 Å². The lowest BCUT2D eigenvalue weighted by Gasteiger charge is -2.09. The molecule has 1 aromatic rings. The normalized spacial score (nSPS) is 15.4. The summed E-state index contributed by atoms with van der Waals surface area (Å²) in [5.41, 5.74) is 7.01. The summed E-state index contributed by atoms with van der Waals surface area (Å²) in [6, 6.07) is 6.82. The van der Waals surface area contributed by atoms with Crippen LogP contribution in [0.1, 0.15) is 30.3 Å². The van der Waals surface area contributed by atoms with E-state index in [9.17, 15) is 4.39 Å². The minimum Gasteiger partial charge on any atom is -0.393 e. The Labute approximate surface area is 77.2 Å². The molecule has 0 fully saturated rings. The maximum absolute atomic E-state index is 13.0. The lowest BCUT2D eigenvalue weighted by Crippen LogP contribution is -2.06. The van der Waals surface area contributed by atoms with Crippen LogP contribution in [0, 0.1) is 0 Å². The topological polar surface area (TPSA) is 46.2 Å². The standard InChI is InChI=1S/C10H14FNO/c1-7(12)8-3-2-4-9(5-8)10(11)6-13/h2-5,7,10,13H,6,12H2,1H3/t7-,10?/m1/s1. The zero-order valence-electron chi connectivity index (χ0n) is 7.57. The van der Waals surface area contributed by atoms with Crippen LogP contribution in [0.3, 0.4) is 0 Å². The van der Waals surface area contributed by atoms with Crippen molar-refractivity contribution < 1.29 is 9.50 Å². The maximum atomic E-state index is 13.0. The lowest BCUT2D eigenvalue weighted by molar-refractivity contribution is 0.180. The Hall–Kier alpha value is -0.930. The summed E-state index contributed by atoms with van der Waals surface area (Å²) in [6.07, 6.45) is -1.31. The van der Waals surface area contributed by atoms with Gasteiger partial charge in [-0.25, -0.2) is 4.39 Å². The molecule has 1 unspecified atom stereocenters. The largest absolute Gasteiger partial charge is 0.393 e. The zero-order chi connectivity index (χ0) is 9.84. The van der Waals surface area contributed by atoms with Crippen molar-refractivity contribution in [2.75, 3.05) is 6.61 Å². The van der Waals surface area contributed by atoms with Crippen LogP contribution in [0.15, 0.2) is 24.3 Å². The van der Waals surface area contributed by atoms with Crippen molar-refractivity contribution in [1.82, 2.24) is 0 Å². The molecule has 0 radical (unpaired) electrons. The third kappa shape index (κ3) is 2.50. The molecule has 1 aromatic carbocycles. The molecule has 72 valence electrons. The molecule has 3 heteroatoms. The van der Waals surface area contributed by atoms with Crippen LogP contribution in [0.25, 0.3) is 0 Å². The number of hydrogen-bond acceptors (Lipinski definition) is 2. The third-order valence-electron chi connectivity index (χ3n) is 1.96. The molecule has 0 heterocycles. The molecule has 3 N–H and O–H groups in total. The number of aliphatic hydroxyl groups is 1. The fourth-order valence-electron chi connectivity index (χ4n) is 1.14. The SMILES string of the molecule is C[C@@H](N)c1cccc(C(F)CO)c1. The van der Waals surface area contributed by atoms with Gasteiger partial charge in [0, 0.05) is 6.04 Å². The molecule has 2 nitrogen and oxygen atoms in total. The number of rotatable bonds is 3. The lowest BCUT2D eigenvalue weighted by atomic mass is 10.0. The van der Waals surface area contributed by atoms with Crippen LogP contribution >= 0.6 is 0 Å². The molecule has 2 atom stereocenters. The van der Waals surface area contributed by atoms with Crippen LogP contribution < -0.4 is 5.73 Å². The van der Waals surface area contributed by atoms with Gasteiger partial charge in [-0.2, -0.15) is 0 Å². The molecule has 0 aromatic heterocycles. The Morgan fingerprint density at radius 3 is 2.62 bits per heavy atom. The van der Waals surface area contributed by atoms with E-state index in [0.717, 1.165) is 5.56 Å². The molecule has 0 bridgehead atoms. The predicted molar refractivity (Wildman–Crippen MR) is 50.0 cm³/mol. The smallest absolute Gasteiger partial charge is 0.148 e. The first-order valence-electron chi connectivity index (χ1n) is 4.25. The first-order valence-corrected chi connectivity index (χ1v) is 4.25. The van der Waals surface area contributed by atoms with Crippen LogP contribution in [-0.4, -0.2) is 11.7 Å². The van der Waals surface area contributed by atoms with Gasteiger partial charge in [0.25, 0.3) is 0 Å². The summed E-state index contributed by atoms with van der Waals surface area (Å²) in [7, 11) is 0. The van der Waals surface area contributed by atoms with Gasteiger partial charge in [-0.3, -0.25) is 0 Å². The van der Waals surface area contributed by atoms with Crippen LogP contribution in [0.2, 0.25) is 0 Å². The molecule has 0 aliphatic rings. The highest BCUT2D eigenvalue weighted by atomic mass is 19.1. The van der Waals surface area contributed by atoms with Crippen molar-refractivity contribution >= 4 is 0 Å². The van der Waals surface area contributed by atoms with Gasteiger partial charge in [-0.1, -0.05) is 24.3 Å². The predicted octanol–water partition coefficient (Wildman–Crippen LogP) is 1.71. The van der Waals surface area contributed by atoms with Gasteiger partial charge in [0.15, 0.2) is 0 Å². The van der Waals surface area contributed by atoms with E-state index >= 15 is 0 Å². The second-order valence-corrected chi connectivity index (χ2v) is 3.11. The van der Waals surface area contributed by atoms with E-state index < -0.39 is 12.8 Å². The van der Waals surface area contributed by atoms with Crippen molar-refractivity contribution in [3.8, 4) is 0 Å². The third-order valence-corrected chi connectivity index (χ3v) is 1.96. The number of nitrogens with two attached hydrogens (primary N) is 1. The first kappa shape index (κ1) is 10.2. The molecular formula is C10H14FNO. The Kier molecular flexibility index (Phi) is 3.39. The van der Waals surface area contributed by atoms with Gasteiger partial charge < -0.3 is 10.8 Å². The van der Waals surface area contributed by atoms with E-state index in [1.807, 2.05) is 13.0 Å². The van der Waals surface area contributed by atoms with Crippen LogP contribution in [0.4, 0.5) is 4.39 Å². The number of hydrogen-bond donors (Lipinski definition) is 2. The van der Waals surface area contributed by atoms with Gasteiger partial charge >= 0.3 is 0 Å². The molecule has 0 aliphatic heterocycles. The molecule has 0 saturated heterocycles. The van der Waals surface area contributed by atoms with Gasteiger partial charge in [-0.05, 0) is 18.1 Å². The number of benzene rings is 1. The molecule has 0 amide bonds. The van der Waals surface area contributed by atoms with Gasteiger partial charge in [0.05, 0.1) is 6.61 Å². The molecule has 0 spiro atoms. The average Bonchev–Trinajstić information content (AvgIpc) is 2.17. The number of aliphatic hydroxyl groups excluding tert-OH is 1. The molecule has 1 rings (SSSR count). The van der Waals surface area contributed by atoms with E-state index in [0.29, 0.717) is 5.56 Å². The van der Waals surface area contributed by atoms with Gasteiger partial charge in [0.2, 0.25) is 0 Å². The Bertz CT molecular complexity index is 275. The van der Waals surface area contributed by atoms with E-state index in [2.05, 4.69) is 0 Å². The summed E-state index contributed by atoms with van der Waals surface area (Å²) in [4.78, 5) is 0. The van der Waals surface area contributed by atoms with E-state index in [4.69, 9.17) is 10.8 Å². The highest BCUT2D eigenvalue weighted by Crippen LogP contribution is 2.20. The number of halogens is 1.